The lowest BCUT2D eigenvalue weighted by Crippen LogP contribution is -2.48. The summed E-state index contributed by atoms with van der Waals surface area (Å²) >= 11 is 6.09. The summed E-state index contributed by atoms with van der Waals surface area (Å²) in [5.74, 6) is -0.0715. The number of aromatic nitrogens is 2. The van der Waals surface area contributed by atoms with Crippen molar-refractivity contribution in [1.82, 2.24) is 20.2 Å². The average Bonchev–Trinajstić information content (AvgIpc) is 2.55. The van der Waals surface area contributed by atoms with Gasteiger partial charge in [-0.2, -0.15) is 0 Å². The van der Waals surface area contributed by atoms with E-state index >= 15 is 0 Å². The zero-order valence-corrected chi connectivity index (χ0v) is 12.1. The van der Waals surface area contributed by atoms with E-state index in [2.05, 4.69) is 15.3 Å². The molecule has 0 spiro atoms. The van der Waals surface area contributed by atoms with Gasteiger partial charge in [-0.15, -0.1) is 0 Å². The lowest BCUT2D eigenvalue weighted by Gasteiger charge is -2.36. The highest BCUT2D eigenvalue weighted by atomic mass is 35.5. The van der Waals surface area contributed by atoms with Gasteiger partial charge in [0.1, 0.15) is 0 Å². The third kappa shape index (κ3) is 2.89. The van der Waals surface area contributed by atoms with Crippen molar-refractivity contribution in [3.8, 4) is 0 Å². The van der Waals surface area contributed by atoms with Crippen LogP contribution in [0, 0.1) is 0 Å². The number of pyridine rings is 2. The maximum Gasteiger partial charge on any atom is 0.256 e. The van der Waals surface area contributed by atoms with Crippen LogP contribution in [0.15, 0.2) is 43.0 Å². The highest BCUT2D eigenvalue weighted by Gasteiger charge is 2.29. The Bertz CT molecular complexity index is 635. The number of carbonyl (C=O) groups is 1. The van der Waals surface area contributed by atoms with Gasteiger partial charge in [0.2, 0.25) is 0 Å². The van der Waals surface area contributed by atoms with E-state index in [1.54, 1.807) is 24.7 Å². The molecule has 1 N–H and O–H groups in total. The zero-order valence-electron chi connectivity index (χ0n) is 11.4. The van der Waals surface area contributed by atoms with Crippen LogP contribution in [0.4, 0.5) is 0 Å². The minimum atomic E-state index is -0.0715. The van der Waals surface area contributed by atoms with Crippen molar-refractivity contribution in [2.24, 2.45) is 0 Å². The maximum atomic E-state index is 12.8. The van der Waals surface area contributed by atoms with Crippen LogP contribution in [0.1, 0.15) is 22.0 Å². The Hall–Kier alpha value is -1.98. The van der Waals surface area contributed by atoms with Gasteiger partial charge in [0.25, 0.3) is 5.91 Å². The first-order valence-electron chi connectivity index (χ1n) is 6.78. The molecule has 1 amide bonds. The number of halogens is 1. The summed E-state index contributed by atoms with van der Waals surface area (Å²) in [6.07, 6.45) is 6.61. The Morgan fingerprint density at radius 3 is 2.90 bits per heavy atom. The second-order valence-electron chi connectivity index (χ2n) is 4.86. The second-order valence-corrected chi connectivity index (χ2v) is 5.27. The molecule has 0 aromatic carbocycles. The van der Waals surface area contributed by atoms with Crippen LogP contribution in [0.25, 0.3) is 0 Å². The van der Waals surface area contributed by atoms with Crippen molar-refractivity contribution in [2.45, 2.75) is 6.04 Å². The molecule has 3 rings (SSSR count). The SMILES string of the molecule is O=C(c1ccncc1Cl)N1CCNCC1c1cccnc1. The van der Waals surface area contributed by atoms with E-state index in [1.165, 1.54) is 6.20 Å². The molecular formula is C15H15ClN4O. The highest BCUT2D eigenvalue weighted by molar-refractivity contribution is 6.33. The standard InChI is InChI=1S/C15H15ClN4O/c16-13-9-18-5-3-12(13)15(21)20-7-6-19-10-14(20)11-2-1-4-17-8-11/h1-5,8-9,14,19H,6-7,10H2. The van der Waals surface area contributed by atoms with Crippen molar-refractivity contribution in [3.63, 3.8) is 0 Å². The van der Waals surface area contributed by atoms with Crippen molar-refractivity contribution in [1.29, 1.82) is 0 Å². The van der Waals surface area contributed by atoms with Gasteiger partial charge in [-0.05, 0) is 17.7 Å². The van der Waals surface area contributed by atoms with Crippen LogP contribution in [-0.4, -0.2) is 40.4 Å². The molecule has 0 radical (unpaired) electrons. The van der Waals surface area contributed by atoms with Gasteiger partial charge in [-0.1, -0.05) is 17.7 Å². The fourth-order valence-corrected chi connectivity index (χ4v) is 2.72. The number of hydrogen-bond donors (Lipinski definition) is 1. The summed E-state index contributed by atoms with van der Waals surface area (Å²) < 4.78 is 0. The van der Waals surface area contributed by atoms with Crippen molar-refractivity contribution >= 4 is 17.5 Å². The van der Waals surface area contributed by atoms with Gasteiger partial charge >= 0.3 is 0 Å². The minimum Gasteiger partial charge on any atom is -0.329 e. The third-order valence-corrected chi connectivity index (χ3v) is 3.88. The minimum absolute atomic E-state index is 0.0378. The summed E-state index contributed by atoms with van der Waals surface area (Å²) in [7, 11) is 0. The number of nitrogens with zero attached hydrogens (tertiary/aromatic N) is 3. The number of nitrogens with one attached hydrogen (secondary N) is 1. The van der Waals surface area contributed by atoms with Gasteiger partial charge in [-0.25, -0.2) is 0 Å². The van der Waals surface area contributed by atoms with Gasteiger partial charge in [0.15, 0.2) is 0 Å². The van der Waals surface area contributed by atoms with E-state index in [9.17, 15) is 4.79 Å². The van der Waals surface area contributed by atoms with Crippen LogP contribution in [0.2, 0.25) is 5.02 Å². The Morgan fingerprint density at radius 1 is 1.29 bits per heavy atom. The molecule has 3 heterocycles. The first-order valence-corrected chi connectivity index (χ1v) is 7.16. The molecule has 0 saturated carbocycles. The number of piperazine rings is 1. The Morgan fingerprint density at radius 2 is 2.14 bits per heavy atom. The summed E-state index contributed by atoms with van der Waals surface area (Å²) in [4.78, 5) is 22.7. The molecule has 5 nitrogen and oxygen atoms in total. The zero-order chi connectivity index (χ0) is 14.7. The summed E-state index contributed by atoms with van der Waals surface area (Å²) in [5, 5.41) is 3.70. The largest absolute Gasteiger partial charge is 0.329 e. The van der Waals surface area contributed by atoms with E-state index in [0.29, 0.717) is 23.7 Å². The van der Waals surface area contributed by atoms with Gasteiger partial charge in [0.05, 0.1) is 16.6 Å². The molecule has 0 bridgehead atoms. The number of carbonyl (C=O) groups excluding carboxylic acids is 1. The topological polar surface area (TPSA) is 58.1 Å². The lowest BCUT2D eigenvalue weighted by atomic mass is 10.0. The molecule has 1 saturated heterocycles. The molecule has 2 aromatic heterocycles. The second kappa shape index (κ2) is 6.20. The average molecular weight is 303 g/mol. The fourth-order valence-electron chi connectivity index (χ4n) is 2.52. The predicted molar refractivity (Wildman–Crippen MR) is 80.1 cm³/mol. The maximum absolute atomic E-state index is 12.8. The summed E-state index contributed by atoms with van der Waals surface area (Å²) in [6, 6.07) is 5.49. The van der Waals surface area contributed by atoms with Crippen LogP contribution < -0.4 is 5.32 Å². The Balaban J connectivity index is 1.91. The van der Waals surface area contributed by atoms with Crippen molar-refractivity contribution < 1.29 is 4.79 Å². The highest BCUT2D eigenvalue weighted by Crippen LogP contribution is 2.25. The normalized spacial score (nSPS) is 18.5. The molecule has 1 fully saturated rings. The fraction of sp³-hybridized carbons (Fsp3) is 0.267. The molecule has 2 aromatic rings. The lowest BCUT2D eigenvalue weighted by molar-refractivity contribution is 0.0634. The first-order chi connectivity index (χ1) is 10.3. The molecule has 108 valence electrons. The molecular weight excluding hydrogens is 288 g/mol. The molecule has 21 heavy (non-hydrogen) atoms. The van der Waals surface area contributed by atoms with Crippen LogP contribution >= 0.6 is 11.6 Å². The third-order valence-electron chi connectivity index (χ3n) is 3.58. The number of hydrogen-bond acceptors (Lipinski definition) is 4. The molecule has 6 heteroatoms. The van der Waals surface area contributed by atoms with E-state index in [1.807, 2.05) is 17.0 Å². The van der Waals surface area contributed by atoms with Gasteiger partial charge < -0.3 is 10.2 Å². The smallest absolute Gasteiger partial charge is 0.256 e. The number of amides is 1. The van der Waals surface area contributed by atoms with Crippen LogP contribution in [0.3, 0.4) is 0 Å². The molecule has 1 unspecified atom stereocenters. The van der Waals surface area contributed by atoms with Gasteiger partial charge in [-0.3, -0.25) is 14.8 Å². The first kappa shape index (κ1) is 14.0. The van der Waals surface area contributed by atoms with E-state index in [-0.39, 0.29) is 11.9 Å². The monoisotopic (exact) mass is 302 g/mol. The van der Waals surface area contributed by atoms with Crippen molar-refractivity contribution in [2.75, 3.05) is 19.6 Å². The summed E-state index contributed by atoms with van der Waals surface area (Å²) in [5.41, 5.74) is 1.51. The summed E-state index contributed by atoms with van der Waals surface area (Å²) in [6.45, 7) is 2.11. The molecule has 1 aliphatic heterocycles. The quantitative estimate of drug-likeness (QED) is 0.921. The van der Waals surface area contributed by atoms with Crippen LogP contribution in [0.5, 0.6) is 0 Å². The Kier molecular flexibility index (Phi) is 4.13. The molecule has 1 aliphatic rings. The predicted octanol–water partition coefficient (Wildman–Crippen LogP) is 1.92. The van der Waals surface area contributed by atoms with E-state index < -0.39 is 0 Å². The van der Waals surface area contributed by atoms with Gasteiger partial charge in [0, 0.05) is 44.4 Å². The molecule has 0 aliphatic carbocycles. The van der Waals surface area contributed by atoms with Crippen molar-refractivity contribution in [3.05, 3.63) is 59.1 Å². The van der Waals surface area contributed by atoms with E-state index in [4.69, 9.17) is 11.6 Å². The van der Waals surface area contributed by atoms with E-state index in [0.717, 1.165) is 12.1 Å². The Labute approximate surface area is 128 Å². The molecule has 1 atom stereocenters. The van der Waals surface area contributed by atoms with Crippen LogP contribution in [-0.2, 0) is 0 Å². The number of rotatable bonds is 2.